The van der Waals surface area contributed by atoms with E-state index in [1.807, 2.05) is 20.0 Å². The average Bonchev–Trinajstić information content (AvgIpc) is 4.56. The molecule has 88 heavy (non-hydrogen) atoms. The van der Waals surface area contributed by atoms with Crippen LogP contribution in [0.1, 0.15) is 149 Å². The number of carbonyl (C=O) groups excluding carboxylic acids is 10. The van der Waals surface area contributed by atoms with Gasteiger partial charge in [0, 0.05) is 63.3 Å². The van der Waals surface area contributed by atoms with Gasteiger partial charge in [-0.2, -0.15) is 0 Å². The quantitative estimate of drug-likeness (QED) is 0.0212. The van der Waals surface area contributed by atoms with Crippen LogP contribution in [0.3, 0.4) is 0 Å². The molecule has 30 heteroatoms. The van der Waals surface area contributed by atoms with E-state index in [4.69, 9.17) is 21.4 Å². The van der Waals surface area contributed by atoms with Crippen LogP contribution >= 0.6 is 0 Å². The van der Waals surface area contributed by atoms with Crippen molar-refractivity contribution in [2.75, 3.05) is 26.2 Å². The van der Waals surface area contributed by atoms with Crippen molar-refractivity contribution < 1.29 is 68.1 Å². The molecule has 2 saturated carbocycles. The second-order valence-corrected chi connectivity index (χ2v) is 23.9. The van der Waals surface area contributed by atoms with Crippen molar-refractivity contribution in [3.8, 4) is 0 Å². The van der Waals surface area contributed by atoms with Crippen LogP contribution in [-0.2, 0) is 59.2 Å². The number of guanidine groups is 1. The molecule has 11 atom stereocenters. The molecule has 490 valence electrons. The number of nitrogens with zero attached hydrogens (tertiary/aromatic N) is 3. The van der Waals surface area contributed by atoms with E-state index in [0.29, 0.717) is 63.7 Å². The number of imidazole rings is 1. The summed E-state index contributed by atoms with van der Waals surface area (Å²) in [5, 5.41) is 56.2. The van der Waals surface area contributed by atoms with Crippen molar-refractivity contribution in [1.82, 2.24) is 68.0 Å². The van der Waals surface area contributed by atoms with E-state index >= 15 is 0 Å². The van der Waals surface area contributed by atoms with Crippen molar-refractivity contribution in [2.24, 2.45) is 34.2 Å². The molecule has 1 aromatic heterocycles. The first kappa shape index (κ1) is 70.9. The largest absolute Gasteiger partial charge is 0.481 e. The Morgan fingerprint density at radius 3 is 1.98 bits per heavy atom. The number of likely N-dealkylation sites (N-methyl/N-ethyl adjacent to an activating group) is 1. The summed E-state index contributed by atoms with van der Waals surface area (Å²) in [7, 11) is 0. The molecule has 4 fully saturated rings. The number of carboxylic acids is 1. The number of aliphatic hydroxyl groups is 2. The number of H-pyrrole nitrogens is 1. The lowest BCUT2D eigenvalue weighted by Crippen LogP contribution is -2.61. The van der Waals surface area contributed by atoms with E-state index in [1.54, 1.807) is 6.92 Å². The molecule has 0 radical (unpaired) electrons. The minimum atomic E-state index is -1.66. The predicted octanol–water partition coefficient (Wildman–Crippen LogP) is -2.67. The predicted molar refractivity (Wildman–Crippen MR) is 320 cm³/mol. The first-order valence-corrected chi connectivity index (χ1v) is 30.8. The number of amides is 10. The summed E-state index contributed by atoms with van der Waals surface area (Å²) in [6.45, 7) is 7.81. The van der Waals surface area contributed by atoms with E-state index in [1.165, 1.54) is 24.3 Å². The van der Waals surface area contributed by atoms with Gasteiger partial charge >= 0.3 is 0 Å². The number of fused-ring (bicyclic) bond motifs is 1. The first-order valence-electron chi connectivity index (χ1n) is 30.8. The number of likely N-dealkylation sites (tertiary alicyclic amines) is 1. The van der Waals surface area contributed by atoms with Gasteiger partial charge in [-0.25, -0.2) is 4.98 Å². The number of hydrogen-bond acceptors (Lipinski definition) is 16. The molecule has 5 aliphatic rings. The highest BCUT2D eigenvalue weighted by Gasteiger charge is 2.41. The Balaban J connectivity index is 0.00000342. The summed E-state index contributed by atoms with van der Waals surface area (Å²) >= 11 is 0. The maximum absolute atomic E-state index is 14.6. The molecule has 3 aliphatic heterocycles. The maximum Gasteiger partial charge on any atom is 0.300 e. The Bertz CT molecular complexity index is 2620. The molecule has 0 bridgehead atoms. The summed E-state index contributed by atoms with van der Waals surface area (Å²) in [6, 6.07) is -10.7. The fourth-order valence-electron chi connectivity index (χ4n) is 11.8. The Morgan fingerprint density at radius 2 is 1.35 bits per heavy atom. The van der Waals surface area contributed by atoms with Gasteiger partial charge in [0.15, 0.2) is 5.96 Å². The van der Waals surface area contributed by atoms with Crippen molar-refractivity contribution in [3.05, 3.63) is 30.0 Å². The number of hydrogen-bond donors (Lipinski definition) is 16. The third-order valence-corrected chi connectivity index (χ3v) is 16.4. The second kappa shape index (κ2) is 35.2. The Kier molecular flexibility index (Phi) is 28.3. The van der Waals surface area contributed by atoms with Gasteiger partial charge in [0.2, 0.25) is 59.1 Å². The van der Waals surface area contributed by atoms with E-state index in [0.717, 1.165) is 38.2 Å². The zero-order valence-electron chi connectivity index (χ0n) is 51.2. The molecule has 18 N–H and O–H groups in total. The van der Waals surface area contributed by atoms with Crippen LogP contribution in [0.25, 0.3) is 0 Å². The second-order valence-electron chi connectivity index (χ2n) is 23.9. The molecule has 4 heterocycles. The number of nitrogens with two attached hydrogens (primary N) is 2. The highest BCUT2D eigenvalue weighted by Crippen LogP contribution is 2.36. The number of rotatable bonds is 30. The van der Waals surface area contributed by atoms with Gasteiger partial charge < -0.3 is 89.8 Å². The molecule has 0 aromatic carbocycles. The van der Waals surface area contributed by atoms with Crippen LogP contribution in [0.15, 0.2) is 29.3 Å². The number of aliphatic imine (C=N–C) groups is 1. The maximum atomic E-state index is 14.6. The molecule has 10 amide bonds. The standard InChI is InChI=1S/C56H90N16O12.C2H4O2/c1-5-60-54(83)45-13-9-21-72(45)55(84)39(12-8-20-61-56(57)58)66-50(79)40(22-30(2)3)67-47(76)31(4)64-49(78)41(23-32-14-16-35(74)17-15-32)68-53(82)44(28-73)71-51(80)42(24-33-26-62-37-11-7-6-10-36(33)37)69-52(81)43(25-34-27-59-29-63-34)70-48(77)38-18-19-46(75)65-38;1-2(3)4/h26-27,29-32,35-45,62,73-74H,5-25,28H2,1-4H3,(H,59,63)(H,60,83)(H,64,78)(H,65,75)(H,66,79)(H,67,76)(H,68,82)(H,69,81)(H,70,77)(H,71,80)(H4,57,58,61);1H3,(H,3,4). The number of aromatic amines is 1. The van der Waals surface area contributed by atoms with Crippen molar-refractivity contribution in [2.45, 2.75) is 217 Å². The number of carbonyl (C=O) groups is 11. The number of aliphatic carboxylic acids is 1. The van der Waals surface area contributed by atoms with Gasteiger partial charge in [0.05, 0.1) is 19.0 Å². The third-order valence-electron chi connectivity index (χ3n) is 16.4. The Labute approximate surface area is 512 Å². The van der Waals surface area contributed by atoms with Gasteiger partial charge in [-0.05, 0) is 127 Å². The number of carboxylic acid groups (broad SMARTS) is 1. The minimum Gasteiger partial charge on any atom is -0.481 e. The zero-order valence-corrected chi connectivity index (χ0v) is 51.2. The first-order chi connectivity index (χ1) is 41.9. The van der Waals surface area contributed by atoms with Crippen LogP contribution in [0.4, 0.5) is 0 Å². The highest BCUT2D eigenvalue weighted by atomic mass is 16.4. The smallest absolute Gasteiger partial charge is 0.300 e. The van der Waals surface area contributed by atoms with Crippen LogP contribution in [-0.4, -0.2) is 194 Å². The fraction of sp³-hybridized carbons (Fsp3) is 0.707. The van der Waals surface area contributed by atoms with Crippen molar-refractivity contribution >= 4 is 71.0 Å². The van der Waals surface area contributed by atoms with E-state index < -0.39 is 120 Å². The van der Waals surface area contributed by atoms with Crippen molar-refractivity contribution in [3.63, 3.8) is 0 Å². The SMILES string of the molecule is CC(=O)O.CCNC(=O)C1CCCN1C(=O)C(CCCN=C(N)N)NC(=O)C(CC(C)C)NC(=O)C(C)NC(=O)C(CC1CCC(O)CC1)NC(=O)C(CO)NC(=O)C(CC1=CNC2CCCCC12)NC(=O)C(Cc1cnc[nH]1)NC(=O)C1CCC(=O)N1. The Morgan fingerprint density at radius 1 is 0.739 bits per heavy atom. The highest BCUT2D eigenvalue weighted by molar-refractivity contribution is 5.99. The molecule has 1 aromatic rings. The van der Waals surface area contributed by atoms with Crippen LogP contribution < -0.4 is 64.6 Å². The van der Waals surface area contributed by atoms with Crippen LogP contribution in [0.5, 0.6) is 0 Å². The molecule has 0 spiro atoms. The van der Waals surface area contributed by atoms with Gasteiger partial charge in [0.25, 0.3) is 5.97 Å². The average molecular weight is 1240 g/mol. The number of nitrogens with one attached hydrogen (secondary N) is 11. The normalized spacial score (nSPS) is 22.7. The number of aliphatic hydroxyl groups excluding tert-OH is 2. The van der Waals surface area contributed by atoms with Gasteiger partial charge in [-0.3, -0.25) is 57.7 Å². The molecule has 6 rings (SSSR count). The summed E-state index contributed by atoms with van der Waals surface area (Å²) in [4.78, 5) is 160. The van der Waals surface area contributed by atoms with Gasteiger partial charge in [-0.1, -0.05) is 26.7 Å². The van der Waals surface area contributed by atoms with Gasteiger partial charge in [0.1, 0.15) is 54.4 Å². The molecular weight excluding hydrogens is 1140 g/mol. The lowest BCUT2D eigenvalue weighted by Gasteiger charge is -2.31. The summed E-state index contributed by atoms with van der Waals surface area (Å²) in [6.07, 6.45) is 11.7. The minimum absolute atomic E-state index is 0.00471. The Hall–Kier alpha value is -7.89. The lowest BCUT2D eigenvalue weighted by molar-refractivity contribution is -0.142. The molecule has 30 nitrogen and oxygen atoms in total. The monoisotopic (exact) mass is 1240 g/mol. The third kappa shape index (κ3) is 22.4. The van der Waals surface area contributed by atoms with Crippen LogP contribution in [0.2, 0.25) is 0 Å². The molecule has 2 aliphatic carbocycles. The topological polar surface area (TPSA) is 465 Å². The zero-order chi connectivity index (χ0) is 64.6. The van der Waals surface area contributed by atoms with E-state index in [2.05, 4.69) is 68.1 Å². The summed E-state index contributed by atoms with van der Waals surface area (Å²) < 4.78 is 0. The van der Waals surface area contributed by atoms with Crippen LogP contribution in [0, 0.1) is 17.8 Å². The number of aromatic nitrogens is 2. The molecule has 2 saturated heterocycles. The van der Waals surface area contributed by atoms with E-state index in [-0.39, 0.29) is 93.1 Å². The fourth-order valence-corrected chi connectivity index (χ4v) is 11.8. The van der Waals surface area contributed by atoms with E-state index in [9.17, 15) is 58.2 Å². The summed E-state index contributed by atoms with van der Waals surface area (Å²) in [5.41, 5.74) is 12.4. The molecular formula is C58H94N16O14. The van der Waals surface area contributed by atoms with Gasteiger partial charge in [-0.15, -0.1) is 0 Å². The molecule has 11 unspecified atom stereocenters. The van der Waals surface area contributed by atoms with Crippen molar-refractivity contribution in [1.29, 1.82) is 0 Å². The summed E-state index contributed by atoms with van der Waals surface area (Å²) in [5.74, 6) is -7.70. The lowest BCUT2D eigenvalue weighted by atomic mass is 9.80.